The van der Waals surface area contributed by atoms with Gasteiger partial charge in [-0.3, -0.25) is 14.1 Å². The molecule has 4 aliphatic rings. The molecule has 0 saturated heterocycles. The molecular weight excluding hydrogens is 530 g/mol. The molecule has 4 bridgehead atoms. The summed E-state index contributed by atoms with van der Waals surface area (Å²) in [5.74, 6) is 2.31. The molecule has 0 amide bonds. The van der Waals surface area contributed by atoms with E-state index >= 15 is 0 Å². The minimum absolute atomic E-state index is 0.383. The fraction of sp³-hybridized carbons (Fsp3) is 0.448. The number of ether oxygens (including phenoxy) is 1. The molecule has 4 heterocycles. The first kappa shape index (κ1) is 23.1. The molecule has 7 nitrogen and oxygen atoms in total. The van der Waals surface area contributed by atoms with Crippen LogP contribution in [-0.4, -0.2) is 37.2 Å². The Morgan fingerprint density at radius 1 is 1.03 bits per heavy atom. The third kappa shape index (κ3) is 3.75. The first-order valence-corrected chi connectivity index (χ1v) is 14.0. The van der Waals surface area contributed by atoms with E-state index in [0.717, 1.165) is 57.0 Å². The number of carbonyl (C=O) groups is 1. The van der Waals surface area contributed by atoms with Crippen LogP contribution in [0.25, 0.3) is 28.2 Å². The fourth-order valence-electron chi connectivity index (χ4n) is 7.97. The Labute approximate surface area is 224 Å². The van der Waals surface area contributed by atoms with E-state index in [2.05, 4.69) is 37.5 Å². The maximum Gasteiger partial charge on any atom is 0.342 e. The molecule has 4 saturated carbocycles. The molecule has 0 spiro atoms. The lowest BCUT2D eigenvalue weighted by molar-refractivity contribution is -0.0638. The van der Waals surface area contributed by atoms with Crippen molar-refractivity contribution in [2.24, 2.45) is 23.2 Å². The first-order valence-electron chi connectivity index (χ1n) is 13.2. The largest absolute Gasteiger partial charge is 0.465 e. The van der Waals surface area contributed by atoms with E-state index < -0.39 is 5.97 Å². The molecule has 4 aromatic rings. The molecule has 0 N–H and O–H groups in total. The first-order chi connectivity index (χ1) is 17.9. The number of methoxy groups -OCH3 is 1. The number of carbonyl (C=O) groups excluding carboxylic acids is 1. The van der Waals surface area contributed by atoms with Crippen molar-refractivity contribution in [1.82, 2.24) is 24.1 Å². The number of halogens is 1. The van der Waals surface area contributed by atoms with Crippen molar-refractivity contribution in [2.75, 3.05) is 7.11 Å². The lowest BCUT2D eigenvalue weighted by Gasteiger charge is -2.56. The van der Waals surface area contributed by atoms with Gasteiger partial charge in [0.25, 0.3) is 0 Å². The van der Waals surface area contributed by atoms with Gasteiger partial charge in [0.2, 0.25) is 0 Å². The Kier molecular flexibility index (Phi) is 5.32. The topological polar surface area (TPSA) is 74.3 Å². The van der Waals surface area contributed by atoms with Crippen LogP contribution < -0.4 is 0 Å². The summed E-state index contributed by atoms with van der Waals surface area (Å²) in [6.07, 6.45) is 15.7. The van der Waals surface area contributed by atoms with Gasteiger partial charge in [-0.05, 0) is 103 Å². The van der Waals surface area contributed by atoms with Crippen LogP contribution in [0.1, 0.15) is 54.6 Å². The molecule has 8 rings (SSSR count). The number of aromatic nitrogens is 5. The van der Waals surface area contributed by atoms with E-state index in [-0.39, 0.29) is 0 Å². The fourth-order valence-corrected chi connectivity index (χ4v) is 8.20. The second-order valence-corrected chi connectivity index (χ2v) is 12.4. The predicted molar refractivity (Wildman–Crippen MR) is 144 cm³/mol. The summed E-state index contributed by atoms with van der Waals surface area (Å²) in [4.78, 5) is 22.3. The molecule has 4 fully saturated rings. The minimum Gasteiger partial charge on any atom is -0.465 e. The number of imidazole rings is 1. The van der Waals surface area contributed by atoms with Crippen LogP contribution in [0.2, 0.25) is 0 Å². The number of fused-ring (bicyclic) bond motifs is 1. The summed E-state index contributed by atoms with van der Waals surface area (Å²) in [7, 11) is 1.42. The van der Waals surface area contributed by atoms with Gasteiger partial charge >= 0.3 is 5.97 Å². The minimum atomic E-state index is -0.408. The Balaban J connectivity index is 1.28. The Morgan fingerprint density at radius 3 is 2.41 bits per heavy atom. The van der Waals surface area contributed by atoms with E-state index in [1.54, 1.807) is 12.4 Å². The van der Waals surface area contributed by atoms with Crippen LogP contribution in [-0.2, 0) is 11.3 Å². The second kappa shape index (κ2) is 8.51. The number of esters is 1. The van der Waals surface area contributed by atoms with Gasteiger partial charge < -0.3 is 4.74 Å². The molecule has 0 aliphatic heterocycles. The van der Waals surface area contributed by atoms with Crippen molar-refractivity contribution >= 4 is 27.5 Å². The molecular formula is C29H30BrN5O2. The summed E-state index contributed by atoms with van der Waals surface area (Å²) in [6, 6.07) is 5.85. The van der Waals surface area contributed by atoms with Gasteiger partial charge in [-0.1, -0.05) is 0 Å². The van der Waals surface area contributed by atoms with E-state index in [9.17, 15) is 4.79 Å². The number of hydrogen-bond donors (Lipinski definition) is 0. The van der Waals surface area contributed by atoms with Crippen LogP contribution in [0.3, 0.4) is 0 Å². The zero-order valence-corrected chi connectivity index (χ0v) is 22.7. The molecule has 4 aliphatic carbocycles. The molecule has 37 heavy (non-hydrogen) atoms. The summed E-state index contributed by atoms with van der Waals surface area (Å²) in [5.41, 5.74) is 5.82. The second-order valence-electron chi connectivity index (χ2n) is 11.5. The van der Waals surface area contributed by atoms with Crippen LogP contribution in [0.15, 0.2) is 47.5 Å². The molecule has 0 atom stereocenters. The standard InChI is InChI=1S/C29H30BrN5O2/c1-17-23(14-33-35(17)16-29-10-18-7-19(11-29)9-20(8-18)12-29)22-5-6-34-25(24-4-3-21(30)13-31-24)15-32-27(34)26(22)28(36)37-2/h3-6,13-15,18-20H,7-12,16H2,1-2H3. The quantitative estimate of drug-likeness (QED) is 0.267. The highest BCUT2D eigenvalue weighted by molar-refractivity contribution is 9.10. The SMILES string of the molecule is COC(=O)c1c(-c2cnn(CC34CC5CC(CC(C5)C3)C4)c2C)ccn2c(-c3ccc(Br)cn3)cnc12. The maximum atomic E-state index is 13.1. The van der Waals surface area contributed by atoms with Crippen LogP contribution in [0.4, 0.5) is 0 Å². The molecule has 190 valence electrons. The van der Waals surface area contributed by atoms with Gasteiger partial charge in [0, 0.05) is 40.2 Å². The van der Waals surface area contributed by atoms with Crippen LogP contribution >= 0.6 is 15.9 Å². The highest BCUT2D eigenvalue weighted by atomic mass is 79.9. The third-order valence-corrected chi connectivity index (χ3v) is 9.57. The van der Waals surface area contributed by atoms with Crippen LogP contribution in [0.5, 0.6) is 0 Å². The van der Waals surface area contributed by atoms with Crippen LogP contribution in [0, 0.1) is 30.1 Å². The van der Waals surface area contributed by atoms with E-state index in [1.807, 2.05) is 35.0 Å². The van der Waals surface area contributed by atoms with Gasteiger partial charge in [0.1, 0.15) is 5.56 Å². The summed E-state index contributed by atoms with van der Waals surface area (Å²) in [6.45, 7) is 3.09. The summed E-state index contributed by atoms with van der Waals surface area (Å²) >= 11 is 3.44. The van der Waals surface area contributed by atoms with Crippen molar-refractivity contribution in [3.8, 4) is 22.5 Å². The number of rotatable bonds is 5. The number of nitrogens with zero attached hydrogens (tertiary/aromatic N) is 5. The van der Waals surface area contributed by atoms with E-state index in [1.165, 1.54) is 45.6 Å². The number of pyridine rings is 2. The molecule has 4 aromatic heterocycles. The lowest BCUT2D eigenvalue weighted by Crippen LogP contribution is -2.48. The Hall–Kier alpha value is -3.00. The lowest BCUT2D eigenvalue weighted by atomic mass is 9.49. The molecule has 8 heteroatoms. The van der Waals surface area contributed by atoms with Gasteiger partial charge in [-0.15, -0.1) is 0 Å². The van der Waals surface area contributed by atoms with Gasteiger partial charge in [0.15, 0.2) is 5.65 Å². The zero-order valence-electron chi connectivity index (χ0n) is 21.2. The van der Waals surface area contributed by atoms with Crippen molar-refractivity contribution in [3.63, 3.8) is 0 Å². The van der Waals surface area contributed by atoms with Gasteiger partial charge in [0.05, 0.1) is 30.9 Å². The van der Waals surface area contributed by atoms with Crippen molar-refractivity contribution in [1.29, 1.82) is 0 Å². The molecule has 0 aromatic carbocycles. The Bertz CT molecular complexity index is 1480. The molecule has 0 radical (unpaired) electrons. The molecule has 0 unspecified atom stereocenters. The highest BCUT2D eigenvalue weighted by Gasteiger charge is 2.51. The van der Waals surface area contributed by atoms with Crippen molar-refractivity contribution in [2.45, 2.75) is 52.0 Å². The monoisotopic (exact) mass is 559 g/mol. The summed E-state index contributed by atoms with van der Waals surface area (Å²) < 4.78 is 10.2. The average molecular weight is 560 g/mol. The van der Waals surface area contributed by atoms with Crippen molar-refractivity contribution in [3.05, 3.63) is 58.7 Å². The smallest absolute Gasteiger partial charge is 0.342 e. The summed E-state index contributed by atoms with van der Waals surface area (Å²) in [5, 5.41) is 4.86. The highest BCUT2D eigenvalue weighted by Crippen LogP contribution is 2.60. The van der Waals surface area contributed by atoms with E-state index in [0.29, 0.717) is 16.6 Å². The van der Waals surface area contributed by atoms with Crippen molar-refractivity contribution < 1.29 is 9.53 Å². The number of hydrogen-bond acceptors (Lipinski definition) is 5. The Morgan fingerprint density at radius 2 is 1.76 bits per heavy atom. The average Bonchev–Trinajstić information content (AvgIpc) is 3.46. The normalized spacial score (nSPS) is 26.2. The van der Waals surface area contributed by atoms with E-state index in [4.69, 9.17) is 9.84 Å². The van der Waals surface area contributed by atoms with Gasteiger partial charge in [-0.2, -0.15) is 5.10 Å². The predicted octanol–water partition coefficient (Wildman–Crippen LogP) is 6.33. The maximum absolute atomic E-state index is 13.1. The third-order valence-electron chi connectivity index (χ3n) is 9.10. The zero-order chi connectivity index (χ0) is 25.3. The van der Waals surface area contributed by atoms with Gasteiger partial charge in [-0.25, -0.2) is 9.78 Å².